The summed E-state index contributed by atoms with van der Waals surface area (Å²) >= 11 is 5.53. The number of unbranched alkanes of at least 4 members (excludes halogenated alkanes) is 4. The molecule has 1 atom stereocenters. The average molecular weight is 217 g/mol. The topological polar surface area (TPSA) is 37.3 Å². The number of carboxylic acids is 1. The molecule has 0 aromatic rings. The van der Waals surface area contributed by atoms with E-state index in [1.165, 1.54) is 19.3 Å². The van der Waals surface area contributed by atoms with Crippen LogP contribution in [0, 0.1) is 0 Å². The fourth-order valence-electron chi connectivity index (χ4n) is 1.05. The number of alkyl halides is 1. The molecule has 1 N–H and O–H groups in total. The molecule has 0 bridgehead atoms. The van der Waals surface area contributed by atoms with Gasteiger partial charge in [-0.1, -0.05) is 39.0 Å². The van der Waals surface area contributed by atoms with Crippen molar-refractivity contribution in [1.29, 1.82) is 0 Å². The fraction of sp³-hybridized carbons (Fsp3) is 0.889. The summed E-state index contributed by atoms with van der Waals surface area (Å²) in [5, 5.41) is 7.76. The Balaban J connectivity index is 0. The first-order valence-electron chi connectivity index (χ1n) is 4.55. The van der Waals surface area contributed by atoms with Crippen molar-refractivity contribution in [2.45, 2.75) is 50.8 Å². The van der Waals surface area contributed by atoms with Gasteiger partial charge in [0.25, 0.3) is 0 Å². The van der Waals surface area contributed by atoms with E-state index >= 15 is 0 Å². The standard InChI is InChI=1S/C9H17ClO2.Na.H/c1-2-3-4-5-6-7-8(10)9(11)12;;/h8H,2-7H2,1H3,(H,11,12);;. The molecule has 0 spiro atoms. The second kappa shape index (κ2) is 10.8. The van der Waals surface area contributed by atoms with E-state index in [1.807, 2.05) is 0 Å². The molecule has 74 valence electrons. The minimum atomic E-state index is -0.896. The van der Waals surface area contributed by atoms with E-state index in [1.54, 1.807) is 0 Å². The van der Waals surface area contributed by atoms with E-state index in [0.29, 0.717) is 6.42 Å². The third kappa shape index (κ3) is 10.7. The van der Waals surface area contributed by atoms with Crippen LogP contribution in [0.3, 0.4) is 0 Å². The van der Waals surface area contributed by atoms with Gasteiger partial charge in [0.05, 0.1) is 0 Å². The van der Waals surface area contributed by atoms with Gasteiger partial charge in [-0.3, -0.25) is 4.79 Å². The quantitative estimate of drug-likeness (QED) is 0.403. The van der Waals surface area contributed by atoms with E-state index in [9.17, 15) is 4.79 Å². The van der Waals surface area contributed by atoms with Gasteiger partial charge in [-0.05, 0) is 6.42 Å². The Labute approximate surface area is 107 Å². The van der Waals surface area contributed by atoms with Crippen molar-refractivity contribution in [3.8, 4) is 0 Å². The molecule has 0 fully saturated rings. The van der Waals surface area contributed by atoms with Gasteiger partial charge < -0.3 is 5.11 Å². The SMILES string of the molecule is CCCCCCCC(Cl)C(=O)O.[NaH]. The fourth-order valence-corrected chi connectivity index (χ4v) is 1.20. The Morgan fingerprint density at radius 2 is 1.85 bits per heavy atom. The Morgan fingerprint density at radius 1 is 1.31 bits per heavy atom. The molecule has 13 heavy (non-hydrogen) atoms. The molecule has 0 aromatic heterocycles. The van der Waals surface area contributed by atoms with Crippen LogP contribution in [-0.4, -0.2) is 46.0 Å². The molecule has 0 aliphatic heterocycles. The van der Waals surface area contributed by atoms with E-state index in [4.69, 9.17) is 16.7 Å². The normalized spacial score (nSPS) is 11.8. The Bertz CT molecular complexity index is 131. The first kappa shape index (κ1) is 16.2. The first-order chi connectivity index (χ1) is 5.68. The van der Waals surface area contributed by atoms with Crippen molar-refractivity contribution in [1.82, 2.24) is 0 Å². The van der Waals surface area contributed by atoms with Crippen LogP contribution >= 0.6 is 11.6 Å². The molecule has 1 unspecified atom stereocenters. The maximum absolute atomic E-state index is 10.3. The summed E-state index contributed by atoms with van der Waals surface area (Å²) in [5.74, 6) is -0.896. The summed E-state index contributed by atoms with van der Waals surface area (Å²) in [6.07, 6.45) is 6.27. The van der Waals surface area contributed by atoms with Crippen LogP contribution in [0.15, 0.2) is 0 Å². The molecule has 0 aliphatic carbocycles. The van der Waals surface area contributed by atoms with Crippen LogP contribution in [0.2, 0.25) is 0 Å². The number of carbonyl (C=O) groups is 1. The Hall–Kier alpha value is 0.760. The summed E-state index contributed by atoms with van der Waals surface area (Å²) in [5.41, 5.74) is 0. The summed E-state index contributed by atoms with van der Waals surface area (Å²) in [4.78, 5) is 10.3. The van der Waals surface area contributed by atoms with Crippen LogP contribution in [0.25, 0.3) is 0 Å². The summed E-state index contributed by atoms with van der Waals surface area (Å²) in [6.45, 7) is 2.15. The van der Waals surface area contributed by atoms with Crippen molar-refractivity contribution < 1.29 is 9.90 Å². The summed E-state index contributed by atoms with van der Waals surface area (Å²) in [6, 6.07) is 0. The maximum atomic E-state index is 10.3. The van der Waals surface area contributed by atoms with Gasteiger partial charge >= 0.3 is 35.5 Å². The van der Waals surface area contributed by atoms with E-state index in [-0.39, 0.29) is 29.6 Å². The number of halogens is 1. The Kier molecular flexibility index (Phi) is 13.5. The zero-order valence-corrected chi connectivity index (χ0v) is 8.31. The monoisotopic (exact) mass is 216 g/mol. The van der Waals surface area contributed by atoms with Gasteiger partial charge in [-0.15, -0.1) is 11.6 Å². The van der Waals surface area contributed by atoms with Crippen LogP contribution in [-0.2, 0) is 4.79 Å². The van der Waals surface area contributed by atoms with Gasteiger partial charge in [-0.25, -0.2) is 0 Å². The third-order valence-electron chi connectivity index (χ3n) is 1.83. The summed E-state index contributed by atoms with van der Waals surface area (Å²) < 4.78 is 0. The number of aliphatic carboxylic acids is 1. The van der Waals surface area contributed by atoms with Gasteiger partial charge in [-0.2, -0.15) is 0 Å². The number of hydrogen-bond donors (Lipinski definition) is 1. The average Bonchev–Trinajstić information content (AvgIpc) is 2.03. The molecular formula is C9H18ClNaO2. The molecule has 0 saturated carbocycles. The van der Waals surface area contributed by atoms with Crippen LogP contribution in [0.1, 0.15) is 45.4 Å². The molecule has 0 radical (unpaired) electrons. The number of carboxylic acid groups (broad SMARTS) is 1. The van der Waals surface area contributed by atoms with Crippen molar-refractivity contribution in [2.24, 2.45) is 0 Å². The molecule has 0 aliphatic rings. The molecule has 4 heteroatoms. The molecule has 0 rings (SSSR count). The van der Waals surface area contributed by atoms with Crippen molar-refractivity contribution in [2.75, 3.05) is 0 Å². The summed E-state index contributed by atoms with van der Waals surface area (Å²) in [7, 11) is 0. The second-order valence-electron chi connectivity index (χ2n) is 3.01. The predicted octanol–water partition coefficient (Wildman–Crippen LogP) is 2.39. The third-order valence-corrected chi connectivity index (χ3v) is 2.23. The molecular weight excluding hydrogens is 199 g/mol. The molecule has 0 amide bonds. The molecule has 0 saturated heterocycles. The molecule has 0 heterocycles. The van der Waals surface area contributed by atoms with Crippen molar-refractivity contribution in [3.05, 3.63) is 0 Å². The van der Waals surface area contributed by atoms with Gasteiger partial charge in [0.15, 0.2) is 0 Å². The van der Waals surface area contributed by atoms with E-state index in [2.05, 4.69) is 6.92 Å². The predicted molar refractivity (Wildman–Crippen MR) is 57.8 cm³/mol. The van der Waals surface area contributed by atoms with Crippen LogP contribution in [0.5, 0.6) is 0 Å². The molecule has 0 aromatic carbocycles. The first-order valence-corrected chi connectivity index (χ1v) is 4.99. The van der Waals surface area contributed by atoms with Gasteiger partial charge in [0.1, 0.15) is 5.38 Å². The minimum absolute atomic E-state index is 0. The second-order valence-corrected chi connectivity index (χ2v) is 3.54. The van der Waals surface area contributed by atoms with Crippen molar-refractivity contribution >= 4 is 47.1 Å². The zero-order valence-electron chi connectivity index (χ0n) is 7.55. The van der Waals surface area contributed by atoms with Crippen LogP contribution < -0.4 is 0 Å². The van der Waals surface area contributed by atoms with Gasteiger partial charge in [0.2, 0.25) is 0 Å². The number of rotatable bonds is 7. The van der Waals surface area contributed by atoms with Gasteiger partial charge in [0, 0.05) is 0 Å². The van der Waals surface area contributed by atoms with E-state index < -0.39 is 11.3 Å². The number of hydrogen-bond acceptors (Lipinski definition) is 1. The van der Waals surface area contributed by atoms with Crippen LogP contribution in [0.4, 0.5) is 0 Å². The zero-order chi connectivity index (χ0) is 9.40. The van der Waals surface area contributed by atoms with Crippen molar-refractivity contribution in [3.63, 3.8) is 0 Å². The Morgan fingerprint density at radius 3 is 2.31 bits per heavy atom. The molecule has 2 nitrogen and oxygen atoms in total. The van der Waals surface area contributed by atoms with E-state index in [0.717, 1.165) is 12.8 Å².